The molecule has 2 rings (SSSR count). The minimum Gasteiger partial charge on any atom is -0.481 e. The van der Waals surface area contributed by atoms with Crippen molar-refractivity contribution in [2.75, 3.05) is 7.11 Å². The third kappa shape index (κ3) is 5.17. The second-order valence-electron chi connectivity index (χ2n) is 4.36. The van der Waals surface area contributed by atoms with Crippen molar-refractivity contribution in [2.24, 2.45) is 0 Å². The summed E-state index contributed by atoms with van der Waals surface area (Å²) in [6, 6.07) is 8.05. The van der Waals surface area contributed by atoms with Gasteiger partial charge in [0.25, 0.3) is 0 Å². The molecule has 0 atom stereocenters. The molecule has 0 fully saturated rings. The molecule has 0 aliphatic heterocycles. The van der Waals surface area contributed by atoms with Gasteiger partial charge in [-0.25, -0.2) is 9.78 Å². The first-order chi connectivity index (χ1) is 10.9. The standard InChI is InChI=1S/C15H12F3NO4/c1-21-13-7-4-11(8-19-13)14(20)22-9-10-2-5-12(6-3-10)23-15(16,17)18/h2-8H,9H2,1H3. The van der Waals surface area contributed by atoms with E-state index in [1.807, 2.05) is 0 Å². The Bertz CT molecular complexity index is 654. The van der Waals surface area contributed by atoms with Gasteiger partial charge in [0.1, 0.15) is 12.4 Å². The molecular weight excluding hydrogens is 315 g/mol. The van der Waals surface area contributed by atoms with Crippen LogP contribution >= 0.6 is 0 Å². The Morgan fingerprint density at radius 3 is 2.35 bits per heavy atom. The monoisotopic (exact) mass is 327 g/mol. The van der Waals surface area contributed by atoms with Crippen LogP contribution < -0.4 is 9.47 Å². The number of alkyl halides is 3. The van der Waals surface area contributed by atoms with E-state index in [-0.39, 0.29) is 17.9 Å². The Balaban J connectivity index is 1.91. The van der Waals surface area contributed by atoms with Crippen LogP contribution in [0.1, 0.15) is 15.9 Å². The largest absolute Gasteiger partial charge is 0.573 e. The van der Waals surface area contributed by atoms with E-state index in [2.05, 4.69) is 9.72 Å². The zero-order valence-corrected chi connectivity index (χ0v) is 12.0. The highest BCUT2D eigenvalue weighted by Crippen LogP contribution is 2.23. The van der Waals surface area contributed by atoms with Gasteiger partial charge in [0.2, 0.25) is 5.88 Å². The number of hydrogen-bond acceptors (Lipinski definition) is 5. The Labute approximate surface area is 129 Å². The van der Waals surface area contributed by atoms with Gasteiger partial charge in [-0.2, -0.15) is 0 Å². The van der Waals surface area contributed by atoms with Crippen LogP contribution in [-0.2, 0) is 11.3 Å². The molecule has 0 saturated heterocycles. The maximum atomic E-state index is 12.0. The predicted octanol–water partition coefficient (Wildman–Crippen LogP) is 3.35. The molecule has 0 radical (unpaired) electrons. The zero-order valence-electron chi connectivity index (χ0n) is 12.0. The van der Waals surface area contributed by atoms with Gasteiger partial charge in [0.15, 0.2) is 0 Å². The van der Waals surface area contributed by atoms with Crippen LogP contribution in [0.4, 0.5) is 13.2 Å². The van der Waals surface area contributed by atoms with E-state index < -0.39 is 12.3 Å². The Morgan fingerprint density at radius 1 is 1.13 bits per heavy atom. The Kier molecular flexibility index (Phi) is 5.05. The van der Waals surface area contributed by atoms with Gasteiger partial charge in [0, 0.05) is 12.3 Å². The van der Waals surface area contributed by atoms with Crippen molar-refractivity contribution in [3.05, 3.63) is 53.7 Å². The third-order valence-corrected chi connectivity index (χ3v) is 2.71. The molecular formula is C15H12F3NO4. The van der Waals surface area contributed by atoms with Crippen molar-refractivity contribution >= 4 is 5.97 Å². The number of esters is 1. The minimum atomic E-state index is -4.74. The summed E-state index contributed by atoms with van der Waals surface area (Å²) in [7, 11) is 1.45. The van der Waals surface area contributed by atoms with Crippen LogP contribution in [0.15, 0.2) is 42.6 Å². The lowest BCUT2D eigenvalue weighted by Crippen LogP contribution is -2.17. The minimum absolute atomic E-state index is 0.0862. The average molecular weight is 327 g/mol. The van der Waals surface area contributed by atoms with E-state index in [1.54, 1.807) is 0 Å². The first-order valence-corrected chi connectivity index (χ1v) is 6.39. The maximum absolute atomic E-state index is 12.0. The number of carbonyl (C=O) groups is 1. The molecule has 23 heavy (non-hydrogen) atoms. The SMILES string of the molecule is COc1ccc(C(=O)OCc2ccc(OC(F)(F)F)cc2)cn1. The van der Waals surface area contributed by atoms with E-state index in [1.165, 1.54) is 37.6 Å². The van der Waals surface area contributed by atoms with E-state index in [0.29, 0.717) is 11.4 Å². The first kappa shape index (κ1) is 16.6. The van der Waals surface area contributed by atoms with Crippen LogP contribution in [0.5, 0.6) is 11.6 Å². The molecule has 1 aromatic carbocycles. The fourth-order valence-corrected chi connectivity index (χ4v) is 1.64. The predicted molar refractivity (Wildman–Crippen MR) is 73.0 cm³/mol. The number of hydrogen-bond donors (Lipinski definition) is 0. The van der Waals surface area contributed by atoms with Crippen molar-refractivity contribution in [3.63, 3.8) is 0 Å². The molecule has 0 saturated carbocycles. The Hall–Kier alpha value is -2.77. The highest BCUT2D eigenvalue weighted by molar-refractivity contribution is 5.89. The van der Waals surface area contributed by atoms with Crippen LogP contribution in [0.25, 0.3) is 0 Å². The molecule has 0 unspecified atom stereocenters. The van der Waals surface area contributed by atoms with Gasteiger partial charge in [-0.05, 0) is 23.8 Å². The molecule has 1 heterocycles. The zero-order chi connectivity index (χ0) is 16.9. The molecule has 0 amide bonds. The molecule has 2 aromatic rings. The van der Waals surface area contributed by atoms with Crippen LogP contribution in [0.3, 0.4) is 0 Å². The topological polar surface area (TPSA) is 57.7 Å². The second-order valence-corrected chi connectivity index (χ2v) is 4.36. The van der Waals surface area contributed by atoms with E-state index in [4.69, 9.17) is 9.47 Å². The lowest BCUT2D eigenvalue weighted by atomic mass is 10.2. The van der Waals surface area contributed by atoms with Crippen LogP contribution in [0, 0.1) is 0 Å². The van der Waals surface area contributed by atoms with Gasteiger partial charge in [-0.15, -0.1) is 13.2 Å². The van der Waals surface area contributed by atoms with E-state index in [0.717, 1.165) is 12.1 Å². The summed E-state index contributed by atoms with van der Waals surface area (Å²) in [4.78, 5) is 15.7. The molecule has 0 N–H and O–H groups in total. The summed E-state index contributed by atoms with van der Waals surface area (Å²) in [5, 5.41) is 0. The number of ether oxygens (including phenoxy) is 3. The number of rotatable bonds is 5. The quantitative estimate of drug-likeness (QED) is 0.788. The summed E-state index contributed by atoms with van der Waals surface area (Å²) >= 11 is 0. The molecule has 1 aromatic heterocycles. The van der Waals surface area contributed by atoms with Crippen molar-refractivity contribution < 1.29 is 32.2 Å². The van der Waals surface area contributed by atoms with Gasteiger partial charge in [-0.1, -0.05) is 12.1 Å². The summed E-state index contributed by atoms with van der Waals surface area (Å²) in [6.45, 7) is -0.0862. The van der Waals surface area contributed by atoms with Crippen molar-refractivity contribution in [2.45, 2.75) is 13.0 Å². The number of methoxy groups -OCH3 is 1. The third-order valence-electron chi connectivity index (χ3n) is 2.71. The van der Waals surface area contributed by atoms with E-state index in [9.17, 15) is 18.0 Å². The normalized spacial score (nSPS) is 11.0. The fraction of sp³-hybridized carbons (Fsp3) is 0.200. The van der Waals surface area contributed by atoms with Gasteiger partial charge in [0.05, 0.1) is 12.7 Å². The average Bonchev–Trinajstić information content (AvgIpc) is 2.52. The van der Waals surface area contributed by atoms with Crippen molar-refractivity contribution in [1.29, 1.82) is 0 Å². The van der Waals surface area contributed by atoms with Gasteiger partial charge < -0.3 is 14.2 Å². The lowest BCUT2D eigenvalue weighted by molar-refractivity contribution is -0.274. The summed E-state index contributed by atoms with van der Waals surface area (Å²) < 4.78 is 49.8. The highest BCUT2D eigenvalue weighted by Gasteiger charge is 2.30. The maximum Gasteiger partial charge on any atom is 0.573 e. The first-order valence-electron chi connectivity index (χ1n) is 6.39. The number of aromatic nitrogens is 1. The highest BCUT2D eigenvalue weighted by atomic mass is 19.4. The van der Waals surface area contributed by atoms with E-state index >= 15 is 0 Å². The van der Waals surface area contributed by atoms with Crippen molar-refractivity contribution in [3.8, 4) is 11.6 Å². The van der Waals surface area contributed by atoms with Gasteiger partial charge in [-0.3, -0.25) is 0 Å². The molecule has 0 spiro atoms. The van der Waals surface area contributed by atoms with Crippen LogP contribution in [-0.4, -0.2) is 24.4 Å². The molecule has 8 heteroatoms. The summed E-state index contributed by atoms with van der Waals surface area (Å²) in [5.41, 5.74) is 0.761. The summed E-state index contributed by atoms with van der Waals surface area (Å²) in [6.07, 6.45) is -3.43. The number of carbonyl (C=O) groups excluding carboxylic acids is 1. The lowest BCUT2D eigenvalue weighted by Gasteiger charge is -2.09. The van der Waals surface area contributed by atoms with Gasteiger partial charge >= 0.3 is 12.3 Å². The molecule has 5 nitrogen and oxygen atoms in total. The number of pyridine rings is 1. The Morgan fingerprint density at radius 2 is 1.83 bits per heavy atom. The van der Waals surface area contributed by atoms with Crippen LogP contribution in [0.2, 0.25) is 0 Å². The number of nitrogens with zero attached hydrogens (tertiary/aromatic N) is 1. The number of benzene rings is 1. The smallest absolute Gasteiger partial charge is 0.481 e. The number of halogens is 3. The molecule has 0 aliphatic rings. The molecule has 0 bridgehead atoms. The second kappa shape index (κ2) is 6.99. The fourth-order valence-electron chi connectivity index (χ4n) is 1.64. The van der Waals surface area contributed by atoms with Crippen molar-refractivity contribution in [1.82, 2.24) is 4.98 Å². The summed E-state index contributed by atoms with van der Waals surface area (Å²) in [5.74, 6) is -0.579. The molecule has 0 aliphatic carbocycles. The molecule has 122 valence electrons.